The van der Waals surface area contributed by atoms with Crippen LogP contribution in [0.5, 0.6) is 0 Å². The summed E-state index contributed by atoms with van der Waals surface area (Å²) in [5.41, 5.74) is -1.25. The number of carbonyl (C=O) groups excluding carboxylic acids is 1. The summed E-state index contributed by atoms with van der Waals surface area (Å²) in [6.07, 6.45) is 6.24. The number of terminal acetylenes is 1. The Morgan fingerprint density at radius 3 is 2.41 bits per heavy atom. The maximum Gasteiger partial charge on any atom is 0.329 e. The number of hydrogen-bond donors (Lipinski definition) is 2. The van der Waals surface area contributed by atoms with Gasteiger partial charge in [-0.3, -0.25) is 0 Å². The lowest BCUT2D eigenvalue weighted by atomic mass is 10.00. The second-order valence-electron chi connectivity index (χ2n) is 4.05. The van der Waals surface area contributed by atoms with Crippen molar-refractivity contribution in [3.05, 3.63) is 0 Å². The van der Waals surface area contributed by atoms with Crippen molar-refractivity contribution < 1.29 is 14.7 Å². The lowest BCUT2D eigenvalue weighted by molar-refractivity contribution is -0.143. The van der Waals surface area contributed by atoms with Crippen LogP contribution in [0.15, 0.2) is 0 Å². The monoisotopic (exact) mass is 240 g/mol. The van der Waals surface area contributed by atoms with Crippen molar-refractivity contribution in [1.29, 1.82) is 0 Å². The second-order valence-corrected chi connectivity index (χ2v) is 4.05. The highest BCUT2D eigenvalue weighted by molar-refractivity contribution is 5.85. The highest BCUT2D eigenvalue weighted by Gasteiger charge is 2.33. The summed E-state index contributed by atoms with van der Waals surface area (Å²) in [5, 5.41) is 11.6. The van der Waals surface area contributed by atoms with Gasteiger partial charge in [-0.2, -0.15) is 0 Å². The lowest BCUT2D eigenvalue weighted by Crippen LogP contribution is -2.55. The van der Waals surface area contributed by atoms with Gasteiger partial charge in [0.1, 0.15) is 5.54 Å². The summed E-state index contributed by atoms with van der Waals surface area (Å²) in [6.45, 7) is 5.80. The lowest BCUT2D eigenvalue weighted by Gasteiger charge is -2.29. The topological polar surface area (TPSA) is 69.6 Å². The highest BCUT2D eigenvalue weighted by Crippen LogP contribution is 2.10. The van der Waals surface area contributed by atoms with Gasteiger partial charge < -0.3 is 15.3 Å². The van der Waals surface area contributed by atoms with Crippen LogP contribution in [0.1, 0.15) is 33.6 Å². The van der Waals surface area contributed by atoms with Crippen LogP contribution in [-0.4, -0.2) is 40.6 Å². The molecule has 0 heterocycles. The van der Waals surface area contributed by atoms with E-state index in [0.29, 0.717) is 13.0 Å². The van der Waals surface area contributed by atoms with Gasteiger partial charge in [0.25, 0.3) is 0 Å². The van der Waals surface area contributed by atoms with E-state index >= 15 is 0 Å². The predicted octanol–water partition coefficient (Wildman–Crippen LogP) is 1.29. The number of amides is 2. The summed E-state index contributed by atoms with van der Waals surface area (Å²) in [6, 6.07) is -0.434. The Bertz CT molecular complexity index is 322. The number of aliphatic carboxylic acids is 1. The molecule has 0 rings (SSSR count). The first-order chi connectivity index (χ1) is 7.91. The summed E-state index contributed by atoms with van der Waals surface area (Å²) < 4.78 is 0. The van der Waals surface area contributed by atoms with Gasteiger partial charge in [0.15, 0.2) is 0 Å². The van der Waals surface area contributed by atoms with E-state index in [9.17, 15) is 9.59 Å². The number of rotatable bonds is 6. The first kappa shape index (κ1) is 15.3. The van der Waals surface area contributed by atoms with Crippen LogP contribution in [0.3, 0.4) is 0 Å². The van der Waals surface area contributed by atoms with Gasteiger partial charge in [0.05, 0.1) is 6.54 Å². The maximum atomic E-state index is 11.9. The highest BCUT2D eigenvalue weighted by atomic mass is 16.4. The Labute approximate surface area is 102 Å². The minimum absolute atomic E-state index is 0.180. The SMILES string of the molecule is C#CCN(CCC)C(=O)NC(C)(CC)C(=O)O. The molecule has 0 aromatic heterocycles. The average molecular weight is 240 g/mol. The van der Waals surface area contributed by atoms with E-state index < -0.39 is 17.5 Å². The molecule has 0 radical (unpaired) electrons. The van der Waals surface area contributed by atoms with E-state index in [1.54, 1.807) is 6.92 Å². The van der Waals surface area contributed by atoms with E-state index in [1.165, 1.54) is 11.8 Å². The molecule has 0 saturated carbocycles. The molecular formula is C12H20N2O3. The quantitative estimate of drug-likeness (QED) is 0.687. The number of carboxylic acid groups (broad SMARTS) is 1. The molecule has 2 N–H and O–H groups in total. The zero-order valence-corrected chi connectivity index (χ0v) is 10.6. The summed E-state index contributed by atoms with van der Waals surface area (Å²) in [4.78, 5) is 24.3. The van der Waals surface area contributed by atoms with E-state index in [0.717, 1.165) is 6.42 Å². The summed E-state index contributed by atoms with van der Waals surface area (Å²) in [5.74, 6) is 1.33. The van der Waals surface area contributed by atoms with Gasteiger partial charge in [0.2, 0.25) is 0 Å². The molecule has 0 spiro atoms. The molecule has 0 fully saturated rings. The van der Waals surface area contributed by atoms with Crippen molar-refractivity contribution in [2.24, 2.45) is 0 Å². The van der Waals surface area contributed by atoms with Gasteiger partial charge >= 0.3 is 12.0 Å². The molecule has 2 amide bonds. The summed E-state index contributed by atoms with van der Waals surface area (Å²) in [7, 11) is 0. The molecule has 0 aliphatic carbocycles. The fraction of sp³-hybridized carbons (Fsp3) is 0.667. The van der Waals surface area contributed by atoms with Gasteiger partial charge in [0, 0.05) is 6.54 Å². The largest absolute Gasteiger partial charge is 0.480 e. The number of nitrogens with zero attached hydrogens (tertiary/aromatic N) is 1. The molecule has 0 aliphatic rings. The third-order valence-corrected chi connectivity index (χ3v) is 2.62. The molecule has 5 heteroatoms. The van der Waals surface area contributed by atoms with E-state index in [-0.39, 0.29) is 6.54 Å². The molecular weight excluding hydrogens is 220 g/mol. The Balaban J connectivity index is 4.69. The first-order valence-electron chi connectivity index (χ1n) is 5.65. The Morgan fingerprint density at radius 1 is 1.47 bits per heavy atom. The standard InChI is InChI=1S/C12H20N2O3/c1-5-8-14(9-6-2)11(17)13-12(4,7-3)10(15)16/h1H,6-9H2,2-4H3,(H,13,17)(H,15,16). The number of carbonyl (C=O) groups is 2. The van der Waals surface area contributed by atoms with Crippen molar-refractivity contribution >= 4 is 12.0 Å². The maximum absolute atomic E-state index is 11.9. The zero-order chi connectivity index (χ0) is 13.5. The van der Waals surface area contributed by atoms with Crippen molar-refractivity contribution in [2.45, 2.75) is 39.2 Å². The predicted molar refractivity (Wildman–Crippen MR) is 65.6 cm³/mol. The molecule has 0 aliphatic heterocycles. The fourth-order valence-corrected chi connectivity index (χ4v) is 1.24. The number of urea groups is 1. The van der Waals surface area contributed by atoms with Crippen molar-refractivity contribution in [1.82, 2.24) is 10.2 Å². The third-order valence-electron chi connectivity index (χ3n) is 2.62. The average Bonchev–Trinajstić information content (AvgIpc) is 2.28. The van der Waals surface area contributed by atoms with Crippen LogP contribution in [0, 0.1) is 12.3 Å². The fourth-order valence-electron chi connectivity index (χ4n) is 1.24. The number of nitrogens with one attached hydrogen (secondary N) is 1. The molecule has 0 aromatic carbocycles. The van der Waals surface area contributed by atoms with Crippen LogP contribution in [0.4, 0.5) is 4.79 Å². The molecule has 1 unspecified atom stereocenters. The van der Waals surface area contributed by atoms with Gasteiger partial charge in [-0.05, 0) is 19.8 Å². The molecule has 0 aromatic rings. The molecule has 17 heavy (non-hydrogen) atoms. The third kappa shape index (κ3) is 4.35. The Kier molecular flexibility index (Phi) is 6.11. The van der Waals surface area contributed by atoms with Crippen molar-refractivity contribution in [2.75, 3.05) is 13.1 Å². The number of carboxylic acids is 1. The normalized spacial score (nSPS) is 13.3. The Hall–Kier alpha value is -1.70. The first-order valence-corrected chi connectivity index (χ1v) is 5.65. The van der Waals surface area contributed by atoms with Crippen LogP contribution < -0.4 is 5.32 Å². The molecule has 1 atom stereocenters. The molecule has 96 valence electrons. The van der Waals surface area contributed by atoms with Crippen LogP contribution in [0.2, 0.25) is 0 Å². The second kappa shape index (κ2) is 6.79. The number of hydrogen-bond acceptors (Lipinski definition) is 2. The smallest absolute Gasteiger partial charge is 0.329 e. The molecule has 5 nitrogen and oxygen atoms in total. The van der Waals surface area contributed by atoms with Gasteiger partial charge in [-0.1, -0.05) is 19.8 Å². The van der Waals surface area contributed by atoms with Crippen molar-refractivity contribution in [3.63, 3.8) is 0 Å². The Morgan fingerprint density at radius 2 is 2.06 bits per heavy atom. The van der Waals surface area contributed by atoms with Crippen LogP contribution in [0.25, 0.3) is 0 Å². The van der Waals surface area contributed by atoms with Gasteiger partial charge in [-0.15, -0.1) is 6.42 Å². The summed E-state index contributed by atoms with van der Waals surface area (Å²) >= 11 is 0. The zero-order valence-electron chi connectivity index (χ0n) is 10.6. The van der Waals surface area contributed by atoms with E-state index in [4.69, 9.17) is 11.5 Å². The van der Waals surface area contributed by atoms with Crippen LogP contribution in [-0.2, 0) is 4.79 Å². The van der Waals surface area contributed by atoms with E-state index in [1.807, 2.05) is 6.92 Å². The van der Waals surface area contributed by atoms with Crippen LogP contribution >= 0.6 is 0 Å². The van der Waals surface area contributed by atoms with E-state index in [2.05, 4.69) is 11.2 Å². The molecule has 0 bridgehead atoms. The molecule has 0 saturated heterocycles. The van der Waals surface area contributed by atoms with Crippen molar-refractivity contribution in [3.8, 4) is 12.3 Å². The minimum atomic E-state index is -1.25. The minimum Gasteiger partial charge on any atom is -0.480 e. The van der Waals surface area contributed by atoms with Gasteiger partial charge in [-0.25, -0.2) is 9.59 Å².